The molecule has 1 rings (SSSR count). The molecule has 1 aliphatic heterocycles. The molecule has 3 nitrogen and oxygen atoms in total. The molecule has 13 heavy (non-hydrogen) atoms. The molecule has 0 spiro atoms. The second kappa shape index (κ2) is 4.32. The van der Waals surface area contributed by atoms with Crippen molar-refractivity contribution in [3.63, 3.8) is 0 Å². The highest BCUT2D eigenvalue weighted by molar-refractivity contribution is 8.00. The van der Waals surface area contributed by atoms with Crippen LogP contribution in [0.3, 0.4) is 0 Å². The summed E-state index contributed by atoms with van der Waals surface area (Å²) in [7, 11) is 0. The topological polar surface area (TPSA) is 59.0 Å². The van der Waals surface area contributed by atoms with Gasteiger partial charge >= 0.3 is 0 Å². The minimum absolute atomic E-state index is 0.434. The summed E-state index contributed by atoms with van der Waals surface area (Å²) in [6.45, 7) is 5.60. The molecular weight excluding hydrogens is 184 g/mol. The average molecular weight is 200 g/mol. The third-order valence-electron chi connectivity index (χ3n) is 2.00. The summed E-state index contributed by atoms with van der Waals surface area (Å²) in [4.78, 5) is 0. The van der Waals surface area contributed by atoms with Gasteiger partial charge in [0.1, 0.15) is 5.54 Å². The fraction of sp³-hybridized carbons (Fsp3) is 0.889. The molecule has 1 aliphatic rings. The number of rotatable bonds is 4. The Labute approximate surface area is 83.6 Å². The van der Waals surface area contributed by atoms with Crippen LogP contribution in [0, 0.1) is 11.3 Å². The van der Waals surface area contributed by atoms with Crippen molar-refractivity contribution in [2.45, 2.75) is 36.3 Å². The van der Waals surface area contributed by atoms with Crippen LogP contribution in [-0.2, 0) is 4.74 Å². The van der Waals surface area contributed by atoms with Crippen molar-refractivity contribution in [3.8, 4) is 6.07 Å². The summed E-state index contributed by atoms with van der Waals surface area (Å²) in [5, 5.41) is 9.79. The fourth-order valence-corrected chi connectivity index (χ4v) is 2.76. The van der Waals surface area contributed by atoms with Gasteiger partial charge in [-0.1, -0.05) is 6.92 Å². The van der Waals surface area contributed by atoms with Crippen molar-refractivity contribution < 1.29 is 4.74 Å². The quantitative estimate of drug-likeness (QED) is 0.739. The minimum atomic E-state index is -0.684. The second-order valence-corrected chi connectivity index (χ2v) is 5.58. The molecule has 0 bridgehead atoms. The van der Waals surface area contributed by atoms with Gasteiger partial charge in [0.2, 0.25) is 0 Å². The molecule has 1 fully saturated rings. The highest BCUT2D eigenvalue weighted by Crippen LogP contribution is 2.27. The van der Waals surface area contributed by atoms with Crippen molar-refractivity contribution in [1.29, 1.82) is 5.26 Å². The molecule has 2 atom stereocenters. The largest absolute Gasteiger partial charge is 0.379 e. The lowest BCUT2D eigenvalue weighted by Gasteiger charge is -2.29. The van der Waals surface area contributed by atoms with Crippen LogP contribution in [0.4, 0.5) is 0 Å². The Balaban J connectivity index is 2.24. The molecule has 2 N–H and O–H groups in total. The first-order valence-electron chi connectivity index (χ1n) is 4.47. The van der Waals surface area contributed by atoms with E-state index in [0.717, 1.165) is 19.6 Å². The average Bonchev–Trinajstić information content (AvgIpc) is 1.96. The van der Waals surface area contributed by atoms with Gasteiger partial charge in [-0.3, -0.25) is 0 Å². The maximum Gasteiger partial charge on any atom is 0.102 e. The summed E-state index contributed by atoms with van der Waals surface area (Å²) < 4.78 is 5.08. The number of nitrogens with two attached hydrogens (primary N) is 1. The van der Waals surface area contributed by atoms with Gasteiger partial charge in [0.25, 0.3) is 0 Å². The second-order valence-electron chi connectivity index (χ2n) is 3.84. The van der Waals surface area contributed by atoms with Crippen LogP contribution in [0.2, 0.25) is 0 Å². The molecule has 0 radical (unpaired) electrons. The smallest absolute Gasteiger partial charge is 0.102 e. The van der Waals surface area contributed by atoms with Crippen LogP contribution in [0.1, 0.15) is 20.3 Å². The van der Waals surface area contributed by atoms with Crippen molar-refractivity contribution in [2.75, 3.05) is 13.2 Å². The van der Waals surface area contributed by atoms with Gasteiger partial charge in [0.15, 0.2) is 0 Å². The first-order chi connectivity index (χ1) is 6.03. The van der Waals surface area contributed by atoms with E-state index < -0.39 is 5.54 Å². The SMILES string of the molecule is CC(CC(C)(N)C#N)SC1COC1. The van der Waals surface area contributed by atoms with Gasteiger partial charge in [0.05, 0.1) is 24.5 Å². The molecule has 0 aromatic heterocycles. The normalized spacial score (nSPS) is 24.2. The van der Waals surface area contributed by atoms with E-state index in [1.165, 1.54) is 0 Å². The molecule has 1 saturated heterocycles. The van der Waals surface area contributed by atoms with Crippen LogP contribution in [-0.4, -0.2) is 29.3 Å². The van der Waals surface area contributed by atoms with Crippen LogP contribution in [0.5, 0.6) is 0 Å². The maximum absolute atomic E-state index is 8.74. The summed E-state index contributed by atoms with van der Waals surface area (Å²) in [6.07, 6.45) is 0.741. The Morgan fingerprint density at radius 1 is 1.77 bits per heavy atom. The van der Waals surface area contributed by atoms with E-state index in [4.69, 9.17) is 15.7 Å². The Kier molecular flexibility index (Phi) is 3.60. The number of nitrogens with zero attached hydrogens (tertiary/aromatic N) is 1. The number of thioether (sulfide) groups is 1. The third kappa shape index (κ3) is 3.55. The van der Waals surface area contributed by atoms with Crippen molar-refractivity contribution in [3.05, 3.63) is 0 Å². The van der Waals surface area contributed by atoms with Gasteiger partial charge in [-0.05, 0) is 13.3 Å². The van der Waals surface area contributed by atoms with E-state index in [1.54, 1.807) is 6.92 Å². The molecule has 0 aromatic rings. The van der Waals surface area contributed by atoms with Gasteiger partial charge in [-0.25, -0.2) is 0 Å². The van der Waals surface area contributed by atoms with E-state index in [-0.39, 0.29) is 0 Å². The lowest BCUT2D eigenvalue weighted by molar-refractivity contribution is 0.0453. The molecule has 1 heterocycles. The van der Waals surface area contributed by atoms with Crippen LogP contribution in [0.15, 0.2) is 0 Å². The highest BCUT2D eigenvalue weighted by atomic mass is 32.2. The van der Waals surface area contributed by atoms with Gasteiger partial charge in [-0.2, -0.15) is 17.0 Å². The Hall–Kier alpha value is -0.240. The monoisotopic (exact) mass is 200 g/mol. The van der Waals surface area contributed by atoms with Crippen molar-refractivity contribution in [2.24, 2.45) is 5.73 Å². The van der Waals surface area contributed by atoms with Gasteiger partial charge in [-0.15, -0.1) is 0 Å². The van der Waals surface area contributed by atoms with Crippen LogP contribution >= 0.6 is 11.8 Å². The number of hydrogen-bond donors (Lipinski definition) is 1. The van der Waals surface area contributed by atoms with E-state index >= 15 is 0 Å². The molecule has 0 saturated carbocycles. The van der Waals surface area contributed by atoms with E-state index in [0.29, 0.717) is 10.5 Å². The fourth-order valence-electron chi connectivity index (χ4n) is 1.31. The molecule has 2 unspecified atom stereocenters. The zero-order valence-corrected chi connectivity index (χ0v) is 8.93. The highest BCUT2D eigenvalue weighted by Gasteiger charge is 2.26. The molecular formula is C9H16N2OS. The Morgan fingerprint density at radius 3 is 2.77 bits per heavy atom. The Bertz CT molecular complexity index is 208. The predicted molar refractivity (Wildman–Crippen MR) is 54.5 cm³/mol. The zero-order chi connectivity index (χ0) is 9.90. The first kappa shape index (κ1) is 10.8. The first-order valence-corrected chi connectivity index (χ1v) is 5.41. The molecule has 0 amide bonds. The number of nitriles is 1. The minimum Gasteiger partial charge on any atom is -0.379 e. The molecule has 74 valence electrons. The van der Waals surface area contributed by atoms with E-state index in [9.17, 15) is 0 Å². The number of hydrogen-bond acceptors (Lipinski definition) is 4. The van der Waals surface area contributed by atoms with E-state index in [1.807, 2.05) is 11.8 Å². The summed E-state index contributed by atoms with van der Waals surface area (Å²) in [6, 6.07) is 2.11. The van der Waals surface area contributed by atoms with Crippen LogP contribution in [0.25, 0.3) is 0 Å². The molecule has 4 heteroatoms. The summed E-state index contributed by atoms with van der Waals surface area (Å²) in [5.74, 6) is 0. The van der Waals surface area contributed by atoms with Crippen molar-refractivity contribution >= 4 is 11.8 Å². The molecule has 0 aromatic carbocycles. The van der Waals surface area contributed by atoms with Crippen molar-refractivity contribution in [1.82, 2.24) is 0 Å². The molecule has 0 aliphatic carbocycles. The number of ether oxygens (including phenoxy) is 1. The lowest BCUT2D eigenvalue weighted by atomic mass is 10.00. The van der Waals surface area contributed by atoms with E-state index in [2.05, 4.69) is 13.0 Å². The Morgan fingerprint density at radius 2 is 2.38 bits per heavy atom. The summed E-state index contributed by atoms with van der Waals surface area (Å²) >= 11 is 1.87. The lowest BCUT2D eigenvalue weighted by Crippen LogP contribution is -2.38. The maximum atomic E-state index is 8.74. The van der Waals surface area contributed by atoms with Gasteiger partial charge < -0.3 is 10.5 Å². The third-order valence-corrected chi connectivity index (χ3v) is 3.29. The van der Waals surface area contributed by atoms with Crippen LogP contribution < -0.4 is 5.73 Å². The predicted octanol–water partition coefficient (Wildman–Crippen LogP) is 1.14. The summed E-state index contributed by atoms with van der Waals surface area (Å²) in [5.41, 5.74) is 5.06. The zero-order valence-electron chi connectivity index (χ0n) is 8.12. The van der Waals surface area contributed by atoms with Gasteiger partial charge in [0, 0.05) is 5.25 Å². The standard InChI is InChI=1S/C9H16N2OS/c1-7(3-9(2,11)6-10)13-8-4-12-5-8/h7-8H,3-5,11H2,1-2H3.